The van der Waals surface area contributed by atoms with Crippen LogP contribution >= 0.6 is 0 Å². The number of Topliss-reactive ketones (excluding diaryl/α,β-unsaturated/α-hetero) is 1. The van der Waals surface area contributed by atoms with Gasteiger partial charge in [-0.2, -0.15) is 4.98 Å². The maximum absolute atomic E-state index is 13.2. The van der Waals surface area contributed by atoms with E-state index in [2.05, 4.69) is 10.1 Å². The highest BCUT2D eigenvalue weighted by Gasteiger charge is 2.15. The molecular formula is C14H15FN2O2. The summed E-state index contributed by atoms with van der Waals surface area (Å²) in [6.07, 6.45) is 0.130. The van der Waals surface area contributed by atoms with E-state index in [1.54, 1.807) is 19.1 Å². The molecule has 0 aliphatic rings. The van der Waals surface area contributed by atoms with Gasteiger partial charge in [0.25, 0.3) is 0 Å². The molecule has 0 fully saturated rings. The first-order valence-electron chi connectivity index (χ1n) is 6.09. The van der Waals surface area contributed by atoms with Crippen molar-refractivity contribution < 1.29 is 13.7 Å². The van der Waals surface area contributed by atoms with Crippen molar-refractivity contribution in [3.8, 4) is 11.4 Å². The van der Waals surface area contributed by atoms with Crippen LogP contribution in [-0.4, -0.2) is 15.9 Å². The molecule has 0 unspecified atom stereocenters. The Morgan fingerprint density at radius 2 is 2.16 bits per heavy atom. The van der Waals surface area contributed by atoms with E-state index < -0.39 is 0 Å². The van der Waals surface area contributed by atoms with Crippen LogP contribution in [0.5, 0.6) is 0 Å². The van der Waals surface area contributed by atoms with Gasteiger partial charge in [-0.25, -0.2) is 4.39 Å². The summed E-state index contributed by atoms with van der Waals surface area (Å²) < 4.78 is 18.2. The van der Waals surface area contributed by atoms with Gasteiger partial charge in [-0.15, -0.1) is 0 Å². The summed E-state index contributed by atoms with van der Waals surface area (Å²) in [5.74, 6) is 0.363. The van der Waals surface area contributed by atoms with Crippen molar-refractivity contribution in [3.05, 3.63) is 35.5 Å². The number of hydrogen-bond donors (Lipinski definition) is 0. The predicted octanol–water partition coefficient (Wildman–Crippen LogP) is 2.95. The zero-order valence-corrected chi connectivity index (χ0v) is 11.1. The Hall–Kier alpha value is -2.04. The lowest BCUT2D eigenvalue weighted by Crippen LogP contribution is -2.10. The minimum atomic E-state index is -0.276. The number of aryl methyl sites for hydroxylation is 1. The van der Waals surface area contributed by atoms with Gasteiger partial charge < -0.3 is 4.52 Å². The van der Waals surface area contributed by atoms with Gasteiger partial charge in [0, 0.05) is 11.5 Å². The summed E-state index contributed by atoms with van der Waals surface area (Å²) in [6.45, 7) is 5.31. The Kier molecular flexibility index (Phi) is 3.74. The first-order valence-corrected chi connectivity index (χ1v) is 6.09. The second-order valence-corrected chi connectivity index (χ2v) is 4.77. The van der Waals surface area contributed by atoms with Crippen molar-refractivity contribution in [1.82, 2.24) is 10.1 Å². The molecule has 0 saturated carbocycles. The van der Waals surface area contributed by atoms with Crippen molar-refractivity contribution >= 4 is 5.78 Å². The van der Waals surface area contributed by atoms with E-state index in [9.17, 15) is 9.18 Å². The molecule has 0 spiro atoms. The smallest absolute Gasteiger partial charge is 0.234 e. The van der Waals surface area contributed by atoms with Crippen LogP contribution in [0.2, 0.25) is 0 Å². The number of benzene rings is 1. The fourth-order valence-electron chi connectivity index (χ4n) is 1.58. The third-order valence-electron chi connectivity index (χ3n) is 2.85. The van der Waals surface area contributed by atoms with Crippen molar-refractivity contribution in [2.45, 2.75) is 27.2 Å². The van der Waals surface area contributed by atoms with Gasteiger partial charge in [-0.3, -0.25) is 4.79 Å². The zero-order chi connectivity index (χ0) is 14.0. The molecule has 0 radical (unpaired) electrons. The molecular weight excluding hydrogens is 247 g/mol. The van der Waals surface area contributed by atoms with Crippen LogP contribution in [-0.2, 0) is 11.2 Å². The van der Waals surface area contributed by atoms with E-state index in [-0.39, 0.29) is 29.8 Å². The van der Waals surface area contributed by atoms with Crippen LogP contribution in [0.1, 0.15) is 25.3 Å². The highest BCUT2D eigenvalue weighted by Crippen LogP contribution is 2.19. The highest BCUT2D eigenvalue weighted by atomic mass is 19.1. The third kappa shape index (κ3) is 3.05. The SMILES string of the molecule is Cc1cc(-c2noc(CC(=O)C(C)C)n2)ccc1F. The molecule has 100 valence electrons. The maximum atomic E-state index is 13.2. The van der Waals surface area contributed by atoms with E-state index in [1.807, 2.05) is 13.8 Å². The van der Waals surface area contributed by atoms with Crippen LogP contribution in [0.3, 0.4) is 0 Å². The molecule has 0 N–H and O–H groups in total. The maximum Gasteiger partial charge on any atom is 0.234 e. The molecule has 0 amide bonds. The molecule has 0 atom stereocenters. The molecule has 5 heteroatoms. The summed E-state index contributed by atoms with van der Waals surface area (Å²) in [6, 6.07) is 4.59. The minimum Gasteiger partial charge on any atom is -0.339 e. The summed E-state index contributed by atoms with van der Waals surface area (Å²) in [5.41, 5.74) is 1.19. The summed E-state index contributed by atoms with van der Waals surface area (Å²) in [5, 5.41) is 3.81. The van der Waals surface area contributed by atoms with Crippen LogP contribution in [0, 0.1) is 18.7 Å². The van der Waals surface area contributed by atoms with Gasteiger partial charge in [0.05, 0.1) is 6.42 Å². The summed E-state index contributed by atoms with van der Waals surface area (Å²) in [4.78, 5) is 15.7. The highest BCUT2D eigenvalue weighted by molar-refractivity contribution is 5.81. The average molecular weight is 262 g/mol. The Bertz CT molecular complexity index is 605. The lowest BCUT2D eigenvalue weighted by Gasteiger charge is -1.99. The Labute approximate surface area is 110 Å². The van der Waals surface area contributed by atoms with Gasteiger partial charge >= 0.3 is 0 Å². The summed E-state index contributed by atoms with van der Waals surface area (Å²) in [7, 11) is 0. The van der Waals surface area contributed by atoms with Crippen LogP contribution in [0.25, 0.3) is 11.4 Å². The van der Waals surface area contributed by atoms with E-state index in [1.165, 1.54) is 6.07 Å². The van der Waals surface area contributed by atoms with Crippen molar-refractivity contribution in [1.29, 1.82) is 0 Å². The fraction of sp³-hybridized carbons (Fsp3) is 0.357. The molecule has 0 aliphatic heterocycles. The van der Waals surface area contributed by atoms with E-state index in [0.717, 1.165) is 0 Å². The van der Waals surface area contributed by atoms with Crippen molar-refractivity contribution in [2.24, 2.45) is 5.92 Å². The van der Waals surface area contributed by atoms with Gasteiger partial charge in [-0.1, -0.05) is 19.0 Å². The predicted molar refractivity (Wildman–Crippen MR) is 68.0 cm³/mol. The van der Waals surface area contributed by atoms with Crippen molar-refractivity contribution in [2.75, 3.05) is 0 Å². The molecule has 1 heterocycles. The first-order chi connectivity index (χ1) is 8.97. The molecule has 4 nitrogen and oxygen atoms in total. The summed E-state index contributed by atoms with van der Waals surface area (Å²) >= 11 is 0. The first kappa shape index (κ1) is 13.4. The number of hydrogen-bond acceptors (Lipinski definition) is 4. The second kappa shape index (κ2) is 5.30. The number of aromatic nitrogens is 2. The second-order valence-electron chi connectivity index (χ2n) is 4.77. The van der Waals surface area contributed by atoms with Gasteiger partial charge in [0.2, 0.25) is 11.7 Å². The Morgan fingerprint density at radius 3 is 2.79 bits per heavy atom. The number of ketones is 1. The van der Waals surface area contributed by atoms with E-state index in [4.69, 9.17) is 4.52 Å². The molecule has 19 heavy (non-hydrogen) atoms. The number of nitrogens with zero attached hydrogens (tertiary/aromatic N) is 2. The largest absolute Gasteiger partial charge is 0.339 e. The molecule has 2 aromatic rings. The van der Waals surface area contributed by atoms with Crippen LogP contribution in [0.15, 0.2) is 22.7 Å². The number of halogens is 1. The standard InChI is InChI=1S/C14H15FN2O2/c1-8(2)12(18)7-13-16-14(17-19-13)10-4-5-11(15)9(3)6-10/h4-6,8H,7H2,1-3H3. The molecule has 1 aromatic carbocycles. The number of carbonyl (C=O) groups excluding carboxylic acids is 1. The topological polar surface area (TPSA) is 56.0 Å². The third-order valence-corrected chi connectivity index (χ3v) is 2.85. The molecule has 0 aliphatic carbocycles. The van der Waals surface area contributed by atoms with E-state index >= 15 is 0 Å². The van der Waals surface area contributed by atoms with Gasteiger partial charge in [0.1, 0.15) is 11.6 Å². The quantitative estimate of drug-likeness (QED) is 0.850. The zero-order valence-electron chi connectivity index (χ0n) is 11.1. The molecule has 2 rings (SSSR count). The van der Waals surface area contributed by atoms with Gasteiger partial charge in [-0.05, 0) is 30.7 Å². The molecule has 1 aromatic heterocycles. The Morgan fingerprint density at radius 1 is 1.42 bits per heavy atom. The lowest BCUT2D eigenvalue weighted by molar-refractivity contribution is -0.121. The molecule has 0 saturated heterocycles. The monoisotopic (exact) mass is 262 g/mol. The van der Waals surface area contributed by atoms with Crippen LogP contribution < -0.4 is 0 Å². The molecule has 0 bridgehead atoms. The number of rotatable bonds is 4. The lowest BCUT2D eigenvalue weighted by atomic mass is 10.1. The van der Waals surface area contributed by atoms with E-state index in [0.29, 0.717) is 17.0 Å². The van der Waals surface area contributed by atoms with Crippen molar-refractivity contribution in [3.63, 3.8) is 0 Å². The average Bonchev–Trinajstić information content (AvgIpc) is 2.81. The normalized spacial score (nSPS) is 11.0. The Balaban J connectivity index is 2.21. The number of carbonyl (C=O) groups is 1. The fourth-order valence-corrected chi connectivity index (χ4v) is 1.58. The van der Waals surface area contributed by atoms with Crippen LogP contribution in [0.4, 0.5) is 4.39 Å². The minimum absolute atomic E-state index is 0.0467. The van der Waals surface area contributed by atoms with Gasteiger partial charge in [0.15, 0.2) is 0 Å².